The summed E-state index contributed by atoms with van der Waals surface area (Å²) in [6.45, 7) is 1.52. The van der Waals surface area contributed by atoms with E-state index in [1.807, 2.05) is 0 Å². The second kappa shape index (κ2) is 5.56. The van der Waals surface area contributed by atoms with E-state index in [-0.39, 0.29) is 11.3 Å². The number of aromatic carboxylic acids is 1. The number of rotatable bonds is 3. The highest BCUT2D eigenvalue weighted by Gasteiger charge is 2.12. The Morgan fingerprint density at radius 3 is 2.65 bits per heavy atom. The fourth-order valence-electron chi connectivity index (χ4n) is 1.20. The second-order valence-corrected chi connectivity index (χ2v) is 3.05. The summed E-state index contributed by atoms with van der Waals surface area (Å²) in [7, 11) is 1.43. The second-order valence-electron chi connectivity index (χ2n) is 3.05. The molecule has 1 aromatic rings. The van der Waals surface area contributed by atoms with E-state index in [1.54, 1.807) is 6.07 Å². The van der Waals surface area contributed by atoms with Crippen LogP contribution in [0.2, 0.25) is 0 Å². The molecule has 0 heterocycles. The van der Waals surface area contributed by atoms with Gasteiger partial charge in [0.15, 0.2) is 0 Å². The zero-order chi connectivity index (χ0) is 12.8. The predicted molar refractivity (Wildman–Crippen MR) is 62.0 cm³/mol. The summed E-state index contributed by atoms with van der Waals surface area (Å²) in [6.07, 6.45) is 0. The number of hydrogen-bond acceptors (Lipinski definition) is 3. The van der Waals surface area contributed by atoms with Crippen molar-refractivity contribution in [2.45, 2.75) is 6.92 Å². The molecule has 1 amide bonds. The van der Waals surface area contributed by atoms with Gasteiger partial charge in [0.25, 0.3) is 5.91 Å². The summed E-state index contributed by atoms with van der Waals surface area (Å²) < 4.78 is 4.91. The van der Waals surface area contributed by atoms with Gasteiger partial charge in [0.1, 0.15) is 5.75 Å². The molecule has 0 aliphatic heterocycles. The van der Waals surface area contributed by atoms with E-state index in [4.69, 9.17) is 9.84 Å². The zero-order valence-corrected chi connectivity index (χ0v) is 9.40. The number of carboxylic acids is 1. The lowest BCUT2D eigenvalue weighted by Gasteiger charge is -2.07. The first-order chi connectivity index (χ1) is 8.08. The lowest BCUT2D eigenvalue weighted by molar-refractivity contribution is -0.111. The van der Waals surface area contributed by atoms with Gasteiger partial charge < -0.3 is 15.2 Å². The van der Waals surface area contributed by atoms with Gasteiger partial charge in [0.2, 0.25) is 0 Å². The van der Waals surface area contributed by atoms with Crippen LogP contribution in [0, 0.1) is 11.8 Å². The number of hydrogen-bond donors (Lipinski definition) is 2. The molecule has 17 heavy (non-hydrogen) atoms. The number of ether oxygens (including phenoxy) is 1. The third-order valence-corrected chi connectivity index (χ3v) is 1.94. The van der Waals surface area contributed by atoms with Crippen LogP contribution < -0.4 is 10.1 Å². The average molecular weight is 233 g/mol. The Kier molecular flexibility index (Phi) is 4.12. The fourth-order valence-corrected chi connectivity index (χ4v) is 1.20. The molecule has 88 valence electrons. The van der Waals surface area contributed by atoms with Crippen molar-refractivity contribution in [1.29, 1.82) is 0 Å². The van der Waals surface area contributed by atoms with Crippen LogP contribution in [-0.4, -0.2) is 24.1 Å². The van der Waals surface area contributed by atoms with E-state index in [1.165, 1.54) is 26.2 Å². The molecule has 0 saturated heterocycles. The highest BCUT2D eigenvalue weighted by atomic mass is 16.5. The molecule has 0 atom stereocenters. The Hall–Kier alpha value is -2.48. The van der Waals surface area contributed by atoms with E-state index in [0.29, 0.717) is 5.75 Å². The molecule has 0 unspecified atom stereocenters. The lowest BCUT2D eigenvalue weighted by Crippen LogP contribution is -2.12. The van der Waals surface area contributed by atoms with Crippen molar-refractivity contribution >= 4 is 17.6 Å². The van der Waals surface area contributed by atoms with Crippen molar-refractivity contribution in [3.63, 3.8) is 0 Å². The van der Waals surface area contributed by atoms with Gasteiger partial charge in [0.05, 0.1) is 18.4 Å². The van der Waals surface area contributed by atoms with E-state index < -0.39 is 11.9 Å². The Balaban J connectivity index is 3.09. The molecule has 0 radical (unpaired) electrons. The van der Waals surface area contributed by atoms with Crippen LogP contribution in [-0.2, 0) is 4.79 Å². The Morgan fingerprint density at radius 2 is 2.12 bits per heavy atom. The molecule has 1 rings (SSSR count). The maximum Gasteiger partial charge on any atom is 0.337 e. The van der Waals surface area contributed by atoms with Gasteiger partial charge in [-0.2, -0.15) is 0 Å². The van der Waals surface area contributed by atoms with Gasteiger partial charge >= 0.3 is 5.97 Å². The molecule has 5 heteroatoms. The van der Waals surface area contributed by atoms with Crippen LogP contribution in [0.1, 0.15) is 17.3 Å². The minimum atomic E-state index is -1.15. The quantitative estimate of drug-likeness (QED) is 0.773. The maximum atomic E-state index is 11.2. The SMILES string of the molecule is CC#CC(=O)Nc1ccc(OC)cc1C(=O)O. The third-order valence-electron chi connectivity index (χ3n) is 1.94. The van der Waals surface area contributed by atoms with Crippen molar-refractivity contribution in [2.24, 2.45) is 0 Å². The summed E-state index contributed by atoms with van der Waals surface area (Å²) in [5.41, 5.74) is 0.140. The molecule has 1 aromatic carbocycles. The molecule has 0 bridgehead atoms. The van der Waals surface area contributed by atoms with Crippen molar-refractivity contribution in [3.05, 3.63) is 23.8 Å². The summed E-state index contributed by atoms with van der Waals surface area (Å²) in [4.78, 5) is 22.2. The van der Waals surface area contributed by atoms with E-state index in [9.17, 15) is 9.59 Å². The number of nitrogens with one attached hydrogen (secondary N) is 1. The zero-order valence-electron chi connectivity index (χ0n) is 9.40. The van der Waals surface area contributed by atoms with Gasteiger partial charge in [-0.05, 0) is 31.0 Å². The normalized spacial score (nSPS) is 8.82. The first kappa shape index (κ1) is 12.6. The highest BCUT2D eigenvalue weighted by molar-refractivity contribution is 6.07. The largest absolute Gasteiger partial charge is 0.497 e. The molecular formula is C12H11NO4. The molecule has 0 aliphatic carbocycles. The minimum Gasteiger partial charge on any atom is -0.497 e. The summed E-state index contributed by atoms with van der Waals surface area (Å²) in [6, 6.07) is 4.34. The molecule has 0 aliphatic rings. The smallest absolute Gasteiger partial charge is 0.337 e. The van der Waals surface area contributed by atoms with Gasteiger partial charge in [-0.1, -0.05) is 5.92 Å². The molecule has 5 nitrogen and oxygen atoms in total. The monoisotopic (exact) mass is 233 g/mol. The van der Waals surface area contributed by atoms with Crippen LogP contribution in [0.25, 0.3) is 0 Å². The maximum absolute atomic E-state index is 11.2. The first-order valence-corrected chi connectivity index (χ1v) is 4.73. The predicted octanol–water partition coefficient (Wildman–Crippen LogP) is 1.36. The van der Waals surface area contributed by atoms with Gasteiger partial charge in [-0.15, -0.1) is 0 Å². The molecule has 2 N–H and O–H groups in total. The highest BCUT2D eigenvalue weighted by Crippen LogP contribution is 2.21. The van der Waals surface area contributed by atoms with E-state index >= 15 is 0 Å². The number of amides is 1. The summed E-state index contributed by atoms with van der Waals surface area (Å²) in [5.74, 6) is 3.39. The van der Waals surface area contributed by atoms with Crippen molar-refractivity contribution in [1.82, 2.24) is 0 Å². The van der Waals surface area contributed by atoms with Crippen LogP contribution in [0.15, 0.2) is 18.2 Å². The molecular weight excluding hydrogens is 222 g/mol. The minimum absolute atomic E-state index is 0.0457. The van der Waals surface area contributed by atoms with E-state index in [2.05, 4.69) is 17.2 Å². The van der Waals surface area contributed by atoms with Crippen LogP contribution in [0.4, 0.5) is 5.69 Å². The van der Waals surface area contributed by atoms with Crippen LogP contribution >= 0.6 is 0 Å². The topological polar surface area (TPSA) is 75.6 Å². The summed E-state index contributed by atoms with van der Waals surface area (Å²) >= 11 is 0. The number of carbonyl (C=O) groups is 2. The Bertz CT molecular complexity index is 511. The molecule has 0 saturated carbocycles. The number of methoxy groups -OCH3 is 1. The van der Waals surface area contributed by atoms with Crippen molar-refractivity contribution in [3.8, 4) is 17.6 Å². The number of benzene rings is 1. The third kappa shape index (κ3) is 3.24. The number of anilines is 1. The fraction of sp³-hybridized carbons (Fsp3) is 0.167. The Labute approximate surface area is 98.4 Å². The Morgan fingerprint density at radius 1 is 1.41 bits per heavy atom. The van der Waals surface area contributed by atoms with Gasteiger partial charge in [-0.3, -0.25) is 4.79 Å². The van der Waals surface area contributed by atoms with Crippen LogP contribution in [0.3, 0.4) is 0 Å². The van der Waals surface area contributed by atoms with E-state index in [0.717, 1.165) is 0 Å². The van der Waals surface area contributed by atoms with Crippen LogP contribution in [0.5, 0.6) is 5.75 Å². The number of carbonyl (C=O) groups excluding carboxylic acids is 1. The van der Waals surface area contributed by atoms with Gasteiger partial charge in [-0.25, -0.2) is 4.79 Å². The molecule has 0 fully saturated rings. The van der Waals surface area contributed by atoms with Crippen molar-refractivity contribution < 1.29 is 19.4 Å². The summed E-state index contributed by atoms with van der Waals surface area (Å²) in [5, 5.41) is 11.4. The van der Waals surface area contributed by atoms with Gasteiger partial charge in [0, 0.05) is 0 Å². The standard InChI is InChI=1S/C12H11NO4/c1-3-4-11(14)13-10-6-5-8(17-2)7-9(10)12(15)16/h5-7H,1-2H3,(H,13,14)(H,15,16). The lowest BCUT2D eigenvalue weighted by atomic mass is 10.1. The van der Waals surface area contributed by atoms with Crippen molar-refractivity contribution in [2.75, 3.05) is 12.4 Å². The number of carboxylic acid groups (broad SMARTS) is 1. The average Bonchev–Trinajstić information content (AvgIpc) is 2.29. The molecule has 0 spiro atoms. The first-order valence-electron chi connectivity index (χ1n) is 4.73. The molecule has 0 aromatic heterocycles.